The van der Waals surface area contributed by atoms with Crippen LogP contribution in [0.5, 0.6) is 0 Å². The molecule has 0 bridgehead atoms. The van der Waals surface area contributed by atoms with E-state index in [1.54, 1.807) is 6.08 Å². The van der Waals surface area contributed by atoms with E-state index < -0.39 is 124 Å². The minimum Gasteiger partial charge on any atom is -0.394 e. The Hall–Kier alpha value is -2.51. The van der Waals surface area contributed by atoms with E-state index in [-0.39, 0.29) is 18.9 Å². The maximum absolute atomic E-state index is 13.0. The zero-order valence-corrected chi connectivity index (χ0v) is 37.7. The first-order chi connectivity index (χ1) is 31.3. The zero-order chi connectivity index (χ0) is 47.7. The molecule has 17 unspecified atom stereocenters. The molecule has 0 aromatic heterocycles. The predicted octanol–water partition coefficient (Wildman–Crippen LogP) is -0.201. The second-order valence-electron chi connectivity index (χ2n) is 16.5. The van der Waals surface area contributed by atoms with Crippen LogP contribution in [0, 0.1) is 0 Å². The zero-order valence-electron chi connectivity index (χ0n) is 37.7. The topological polar surface area (TPSA) is 307 Å². The lowest BCUT2D eigenvalue weighted by molar-refractivity contribution is -0.379. The number of amides is 1. The van der Waals surface area contributed by atoms with E-state index in [1.807, 2.05) is 18.2 Å². The van der Waals surface area contributed by atoms with Crippen LogP contribution >= 0.6 is 0 Å². The highest BCUT2D eigenvalue weighted by Gasteiger charge is 2.53. The van der Waals surface area contributed by atoms with Gasteiger partial charge in [-0.15, -0.1) is 0 Å². The third kappa shape index (κ3) is 18.5. The Morgan fingerprint density at radius 1 is 0.554 bits per heavy atom. The van der Waals surface area contributed by atoms with E-state index in [4.69, 9.17) is 28.4 Å². The molecule has 0 spiro atoms. The molecule has 1 amide bonds. The number of ether oxygens (including phenoxy) is 6. The summed E-state index contributed by atoms with van der Waals surface area (Å²) >= 11 is 0. The number of unbranched alkanes of at least 4 members (excludes halogenated alkanes) is 4. The van der Waals surface area contributed by atoms with E-state index in [2.05, 4.69) is 55.6 Å². The molecular formula is C46H77NO18. The smallest absolute Gasteiger partial charge is 0.224 e. The van der Waals surface area contributed by atoms with Crippen LogP contribution in [0.1, 0.15) is 90.9 Å². The summed E-state index contributed by atoms with van der Waals surface area (Å²) in [6.07, 6.45) is 2.99. The normalized spacial score (nSPS) is 34.7. The predicted molar refractivity (Wildman–Crippen MR) is 235 cm³/mol. The summed E-state index contributed by atoms with van der Waals surface area (Å²) in [6.45, 7) is 1.42. The highest BCUT2D eigenvalue weighted by atomic mass is 16.8. The number of allylic oxidation sites excluding steroid dienone is 9. The molecule has 0 radical (unpaired) electrons. The summed E-state index contributed by atoms with van der Waals surface area (Å²) in [5.41, 5.74) is 0. The van der Waals surface area contributed by atoms with Gasteiger partial charge in [-0.2, -0.15) is 0 Å². The van der Waals surface area contributed by atoms with Gasteiger partial charge in [0.15, 0.2) is 18.9 Å². The fourth-order valence-corrected chi connectivity index (χ4v) is 7.49. The first-order valence-corrected chi connectivity index (χ1v) is 23.0. The Kier molecular flexibility index (Phi) is 27.5. The van der Waals surface area contributed by atoms with Crippen molar-refractivity contribution in [3.8, 4) is 0 Å². The van der Waals surface area contributed by atoms with Crippen LogP contribution in [-0.2, 0) is 33.2 Å². The number of nitrogens with one attached hydrogen (secondary N) is 1. The monoisotopic (exact) mass is 932 g/mol. The van der Waals surface area contributed by atoms with E-state index in [1.165, 1.54) is 0 Å². The van der Waals surface area contributed by atoms with Gasteiger partial charge in [-0.3, -0.25) is 4.79 Å². The van der Waals surface area contributed by atoms with Crippen molar-refractivity contribution in [2.24, 2.45) is 0 Å². The third-order valence-corrected chi connectivity index (χ3v) is 11.4. The molecule has 19 heteroatoms. The first kappa shape index (κ1) is 56.8. The Bertz CT molecular complexity index is 1440. The molecule has 0 saturated carbocycles. The van der Waals surface area contributed by atoms with Crippen LogP contribution in [0.15, 0.2) is 60.8 Å². The lowest BCUT2D eigenvalue weighted by Crippen LogP contribution is -2.66. The fraction of sp³-hybridized carbons (Fsp3) is 0.761. The van der Waals surface area contributed by atoms with Crippen molar-refractivity contribution < 1.29 is 89.4 Å². The van der Waals surface area contributed by atoms with Crippen molar-refractivity contribution in [2.75, 3.05) is 26.4 Å². The number of carbonyl (C=O) groups excluding carboxylic acids is 1. The van der Waals surface area contributed by atoms with Gasteiger partial charge in [0, 0.05) is 6.42 Å². The lowest BCUT2D eigenvalue weighted by Gasteiger charge is -2.48. The SMILES string of the molecule is CC/C=C\C/C=C\C/C=C\C/C=C\C/C=C\CC(=O)NC(COC1OC(CO)C(OC2OC(CO)C(OC3OC(CO)C(O)C(O)C3O)C(O)C2O)C(O)C1O)C(O)CCCCCCC. The van der Waals surface area contributed by atoms with E-state index >= 15 is 0 Å². The first-order valence-electron chi connectivity index (χ1n) is 23.0. The summed E-state index contributed by atoms with van der Waals surface area (Å²) in [7, 11) is 0. The Balaban J connectivity index is 1.57. The third-order valence-electron chi connectivity index (χ3n) is 11.4. The van der Waals surface area contributed by atoms with Crippen molar-refractivity contribution >= 4 is 5.91 Å². The Morgan fingerprint density at radius 3 is 1.51 bits per heavy atom. The highest BCUT2D eigenvalue weighted by Crippen LogP contribution is 2.33. The molecule has 374 valence electrons. The number of hydrogen-bond acceptors (Lipinski definition) is 18. The summed E-state index contributed by atoms with van der Waals surface area (Å²) in [5.74, 6) is -0.382. The molecule has 17 atom stereocenters. The minimum absolute atomic E-state index is 0.0294. The minimum atomic E-state index is -1.98. The second-order valence-corrected chi connectivity index (χ2v) is 16.5. The van der Waals surface area contributed by atoms with Crippen LogP contribution in [0.2, 0.25) is 0 Å². The maximum atomic E-state index is 13.0. The molecular weight excluding hydrogens is 854 g/mol. The van der Waals surface area contributed by atoms with Crippen LogP contribution in [0.3, 0.4) is 0 Å². The fourth-order valence-electron chi connectivity index (χ4n) is 7.49. The number of aliphatic hydroxyl groups excluding tert-OH is 11. The van der Waals surface area contributed by atoms with Gasteiger partial charge in [-0.05, 0) is 38.5 Å². The largest absolute Gasteiger partial charge is 0.394 e. The summed E-state index contributed by atoms with van der Waals surface area (Å²) in [4.78, 5) is 13.0. The van der Waals surface area contributed by atoms with Crippen LogP contribution < -0.4 is 5.32 Å². The number of carbonyl (C=O) groups is 1. The molecule has 0 aromatic rings. The Labute approximate surface area is 382 Å². The summed E-state index contributed by atoms with van der Waals surface area (Å²) < 4.78 is 33.9. The molecule has 3 heterocycles. The van der Waals surface area contributed by atoms with Crippen molar-refractivity contribution in [1.29, 1.82) is 0 Å². The van der Waals surface area contributed by atoms with Gasteiger partial charge in [0.1, 0.15) is 73.2 Å². The molecule has 3 rings (SSSR count). The van der Waals surface area contributed by atoms with Crippen molar-refractivity contribution in [3.05, 3.63) is 60.8 Å². The van der Waals surface area contributed by atoms with Crippen molar-refractivity contribution in [2.45, 2.75) is 195 Å². The van der Waals surface area contributed by atoms with Gasteiger partial charge in [-0.25, -0.2) is 0 Å². The average molecular weight is 932 g/mol. The molecule has 3 aliphatic heterocycles. The Morgan fingerprint density at radius 2 is 1.00 bits per heavy atom. The summed E-state index contributed by atoms with van der Waals surface area (Å²) in [6, 6.07) is -0.938. The van der Waals surface area contributed by atoms with E-state index in [0.29, 0.717) is 19.3 Å². The van der Waals surface area contributed by atoms with Crippen LogP contribution in [0.4, 0.5) is 0 Å². The van der Waals surface area contributed by atoms with Crippen LogP contribution in [0.25, 0.3) is 0 Å². The van der Waals surface area contributed by atoms with Crippen LogP contribution in [-0.4, -0.2) is 193 Å². The van der Waals surface area contributed by atoms with Gasteiger partial charge in [-0.1, -0.05) is 107 Å². The van der Waals surface area contributed by atoms with Gasteiger partial charge >= 0.3 is 0 Å². The highest BCUT2D eigenvalue weighted by molar-refractivity contribution is 5.77. The molecule has 12 N–H and O–H groups in total. The lowest BCUT2D eigenvalue weighted by atomic mass is 9.96. The van der Waals surface area contributed by atoms with Gasteiger partial charge in [0.2, 0.25) is 5.91 Å². The molecule has 65 heavy (non-hydrogen) atoms. The van der Waals surface area contributed by atoms with Crippen molar-refractivity contribution in [3.63, 3.8) is 0 Å². The quantitative estimate of drug-likeness (QED) is 0.0341. The average Bonchev–Trinajstić information content (AvgIpc) is 3.30. The van der Waals surface area contributed by atoms with Gasteiger partial charge in [0.05, 0.1) is 38.6 Å². The standard InChI is InChI=1S/C46H77NO18/c1-3-5-7-9-10-11-12-13-14-15-16-17-18-20-22-24-34(52)47-29(30(51)23-21-19-8-6-4-2)28-60-44-40(58)37(55)42(32(26-49)62-44)65-46-41(59)38(56)43(33(27-50)63-46)64-45-39(57)36(54)35(53)31(25-48)61-45/h5,7,10-11,13-14,16-17,20,22,29-33,35-46,48-51,53-59H,3-4,6,8-9,12,15,18-19,21,23-28H2,1-2H3,(H,47,52)/b7-5-,11-10-,14-13-,17-16-,22-20-. The molecule has 3 aliphatic rings. The van der Waals surface area contributed by atoms with E-state index in [0.717, 1.165) is 51.4 Å². The maximum Gasteiger partial charge on any atom is 0.224 e. The molecule has 3 saturated heterocycles. The van der Waals surface area contributed by atoms with E-state index in [9.17, 15) is 61.0 Å². The molecule has 0 aliphatic carbocycles. The number of rotatable bonds is 29. The number of aliphatic hydroxyl groups is 11. The second kappa shape index (κ2) is 31.5. The molecule has 3 fully saturated rings. The number of hydrogen-bond donors (Lipinski definition) is 12. The summed E-state index contributed by atoms with van der Waals surface area (Å²) in [5, 5.41) is 119. The van der Waals surface area contributed by atoms with Crippen molar-refractivity contribution in [1.82, 2.24) is 5.32 Å². The molecule has 0 aromatic carbocycles. The van der Waals surface area contributed by atoms with Gasteiger partial charge in [0.25, 0.3) is 0 Å². The van der Waals surface area contributed by atoms with Gasteiger partial charge < -0.3 is 89.9 Å². The molecule has 19 nitrogen and oxygen atoms in total.